The first-order valence-corrected chi connectivity index (χ1v) is 8.16. The van der Waals surface area contributed by atoms with E-state index in [1.165, 1.54) is 36.4 Å². The molecule has 0 atom stereocenters. The van der Waals surface area contributed by atoms with Crippen molar-refractivity contribution >= 4 is 17.3 Å². The molecule has 8 nitrogen and oxygen atoms in total. The van der Waals surface area contributed by atoms with Gasteiger partial charge in [0.15, 0.2) is 18.2 Å². The van der Waals surface area contributed by atoms with Crippen molar-refractivity contribution in [1.29, 1.82) is 0 Å². The highest BCUT2D eigenvalue weighted by Gasteiger charge is 2.35. The number of Topliss-reactive ketones (excluding diaryl/α,β-unsaturated/α-hetero) is 2. The predicted octanol–water partition coefficient (Wildman–Crippen LogP) is 3.31. The number of fused-ring (bicyclic) bond motifs is 1. The van der Waals surface area contributed by atoms with E-state index >= 15 is 0 Å². The van der Waals surface area contributed by atoms with Crippen molar-refractivity contribution in [3.8, 4) is 17.2 Å². The van der Waals surface area contributed by atoms with Crippen molar-refractivity contribution in [1.82, 2.24) is 0 Å². The molecule has 140 valence electrons. The Morgan fingerprint density at radius 1 is 1.33 bits per heavy atom. The summed E-state index contributed by atoms with van der Waals surface area (Å²) >= 11 is 0. The van der Waals surface area contributed by atoms with Crippen molar-refractivity contribution in [2.45, 2.75) is 25.9 Å². The fourth-order valence-electron chi connectivity index (χ4n) is 2.85. The molecule has 27 heavy (non-hydrogen) atoms. The van der Waals surface area contributed by atoms with Crippen LogP contribution in [-0.4, -0.2) is 33.8 Å². The van der Waals surface area contributed by atoms with Gasteiger partial charge in [-0.05, 0) is 13.8 Å². The molecule has 0 aromatic heterocycles. The Bertz CT molecular complexity index is 949. The Morgan fingerprint density at radius 2 is 2.07 bits per heavy atom. The van der Waals surface area contributed by atoms with Gasteiger partial charge in [-0.15, -0.1) is 0 Å². The number of carbonyl (C=O) groups is 2. The molecule has 1 aliphatic heterocycles. The molecule has 0 amide bonds. The highest BCUT2D eigenvalue weighted by atomic mass is 16.6. The molecule has 2 aromatic carbocycles. The number of ether oxygens (including phenoxy) is 2. The Hall–Kier alpha value is -3.42. The van der Waals surface area contributed by atoms with Gasteiger partial charge in [-0.3, -0.25) is 19.7 Å². The lowest BCUT2D eigenvalue weighted by molar-refractivity contribution is -0.384. The third-order valence-electron chi connectivity index (χ3n) is 4.06. The number of aromatic hydroxyl groups is 1. The molecule has 0 saturated heterocycles. The molecular formula is C19H17NO7. The summed E-state index contributed by atoms with van der Waals surface area (Å²) in [4.78, 5) is 34.6. The summed E-state index contributed by atoms with van der Waals surface area (Å²) in [7, 11) is 0. The van der Waals surface area contributed by atoms with E-state index in [1.54, 1.807) is 13.8 Å². The maximum Gasteiger partial charge on any atom is 0.270 e. The topological polar surface area (TPSA) is 116 Å². The van der Waals surface area contributed by atoms with Gasteiger partial charge in [0.05, 0.1) is 11.3 Å². The summed E-state index contributed by atoms with van der Waals surface area (Å²) in [6, 6.07) is 7.99. The Balaban J connectivity index is 1.78. The van der Waals surface area contributed by atoms with E-state index < -0.39 is 22.9 Å². The van der Waals surface area contributed by atoms with E-state index in [4.69, 9.17) is 9.47 Å². The molecule has 0 bridgehead atoms. The summed E-state index contributed by atoms with van der Waals surface area (Å²) < 4.78 is 11.1. The lowest BCUT2D eigenvalue weighted by atomic mass is 9.92. The SMILES string of the molecule is CC1(C)CC(=O)c2c(O)cc(OCC(=O)c3cccc([N+](=O)[O-])c3)cc2O1. The highest BCUT2D eigenvalue weighted by Crippen LogP contribution is 2.40. The molecule has 0 saturated carbocycles. The van der Waals surface area contributed by atoms with Crippen molar-refractivity contribution in [3.05, 3.63) is 57.6 Å². The largest absolute Gasteiger partial charge is 0.507 e. The third kappa shape index (κ3) is 3.89. The van der Waals surface area contributed by atoms with Gasteiger partial charge < -0.3 is 14.6 Å². The van der Waals surface area contributed by atoms with Gasteiger partial charge >= 0.3 is 0 Å². The second kappa shape index (κ2) is 6.71. The number of carbonyl (C=O) groups excluding carboxylic acids is 2. The van der Waals surface area contributed by atoms with Crippen molar-refractivity contribution in [2.75, 3.05) is 6.61 Å². The molecular weight excluding hydrogens is 354 g/mol. The van der Waals surface area contributed by atoms with Crippen LogP contribution in [0.4, 0.5) is 5.69 Å². The minimum atomic E-state index is -0.714. The number of nitrogens with zero attached hydrogens (tertiary/aromatic N) is 1. The number of ketones is 2. The molecule has 3 rings (SSSR count). The number of hydrogen-bond donors (Lipinski definition) is 1. The molecule has 0 aliphatic carbocycles. The minimum Gasteiger partial charge on any atom is -0.507 e. The van der Waals surface area contributed by atoms with Crippen LogP contribution in [0, 0.1) is 10.1 Å². The zero-order valence-corrected chi connectivity index (χ0v) is 14.7. The molecule has 8 heteroatoms. The van der Waals surface area contributed by atoms with E-state index in [2.05, 4.69) is 0 Å². The normalized spacial score (nSPS) is 14.8. The lowest BCUT2D eigenvalue weighted by Crippen LogP contribution is -2.35. The zero-order valence-electron chi connectivity index (χ0n) is 14.7. The second-order valence-electron chi connectivity index (χ2n) is 6.80. The number of non-ortho nitro benzene ring substituents is 1. The average molecular weight is 371 g/mol. The molecule has 0 fully saturated rings. The lowest BCUT2D eigenvalue weighted by Gasteiger charge is -2.32. The first kappa shape index (κ1) is 18.4. The molecule has 2 aromatic rings. The van der Waals surface area contributed by atoms with Crippen molar-refractivity contribution < 1.29 is 29.1 Å². The van der Waals surface area contributed by atoms with Crippen LogP contribution >= 0.6 is 0 Å². The van der Waals surface area contributed by atoms with Crippen LogP contribution in [-0.2, 0) is 0 Å². The highest BCUT2D eigenvalue weighted by molar-refractivity contribution is 6.03. The Labute approximate surface area is 154 Å². The first-order valence-electron chi connectivity index (χ1n) is 8.16. The quantitative estimate of drug-likeness (QED) is 0.487. The molecule has 1 aliphatic rings. The maximum atomic E-state index is 12.2. The summed E-state index contributed by atoms with van der Waals surface area (Å²) in [5.41, 5.74) is -0.680. The number of nitro groups is 1. The van der Waals surface area contributed by atoms with E-state index in [0.717, 1.165) is 0 Å². The van der Waals surface area contributed by atoms with E-state index in [9.17, 15) is 24.8 Å². The number of phenols is 1. The van der Waals surface area contributed by atoms with Gasteiger partial charge in [-0.25, -0.2) is 0 Å². The number of rotatable bonds is 5. The Morgan fingerprint density at radius 3 is 2.78 bits per heavy atom. The van der Waals surface area contributed by atoms with E-state index in [0.29, 0.717) is 0 Å². The monoisotopic (exact) mass is 371 g/mol. The van der Waals surface area contributed by atoms with Crippen LogP contribution in [0.2, 0.25) is 0 Å². The molecule has 0 radical (unpaired) electrons. The summed E-state index contributed by atoms with van der Waals surface area (Å²) in [5.74, 6) is -0.651. The van der Waals surface area contributed by atoms with Gasteiger partial charge in [0.1, 0.15) is 28.4 Å². The minimum absolute atomic E-state index is 0.0895. The van der Waals surface area contributed by atoms with Crippen molar-refractivity contribution in [2.24, 2.45) is 0 Å². The first-order chi connectivity index (χ1) is 12.7. The summed E-state index contributed by atoms with van der Waals surface area (Å²) in [5, 5.41) is 20.9. The van der Waals surface area contributed by atoms with Crippen LogP contribution in [0.15, 0.2) is 36.4 Å². The maximum absolute atomic E-state index is 12.2. The van der Waals surface area contributed by atoms with Gasteiger partial charge in [-0.2, -0.15) is 0 Å². The number of nitro benzene ring substituents is 1. The fourth-order valence-corrected chi connectivity index (χ4v) is 2.85. The van der Waals surface area contributed by atoms with Gasteiger partial charge in [0, 0.05) is 29.8 Å². The van der Waals surface area contributed by atoms with Gasteiger partial charge in [-0.1, -0.05) is 12.1 Å². The van der Waals surface area contributed by atoms with Gasteiger partial charge in [0.25, 0.3) is 5.69 Å². The fraction of sp³-hybridized carbons (Fsp3) is 0.263. The standard InChI is InChI=1S/C19H17NO7/c1-19(2)9-15(22)18-14(21)7-13(8-17(18)27-19)26-10-16(23)11-4-3-5-12(6-11)20(24)25/h3-8,21H,9-10H2,1-2H3. The van der Waals surface area contributed by atoms with Crippen LogP contribution < -0.4 is 9.47 Å². The van der Waals surface area contributed by atoms with Crippen LogP contribution in [0.3, 0.4) is 0 Å². The molecule has 1 N–H and O–H groups in total. The third-order valence-corrected chi connectivity index (χ3v) is 4.06. The van der Waals surface area contributed by atoms with Gasteiger partial charge in [0.2, 0.25) is 0 Å². The van der Waals surface area contributed by atoms with Crippen LogP contribution in [0.1, 0.15) is 41.0 Å². The van der Waals surface area contributed by atoms with Crippen molar-refractivity contribution in [3.63, 3.8) is 0 Å². The van der Waals surface area contributed by atoms with Crippen LogP contribution in [0.5, 0.6) is 17.2 Å². The number of hydrogen-bond acceptors (Lipinski definition) is 7. The second-order valence-corrected chi connectivity index (χ2v) is 6.80. The predicted molar refractivity (Wildman–Crippen MR) is 94.7 cm³/mol. The smallest absolute Gasteiger partial charge is 0.270 e. The number of benzene rings is 2. The van der Waals surface area contributed by atoms with E-state index in [1.807, 2.05) is 0 Å². The average Bonchev–Trinajstić information content (AvgIpc) is 2.57. The van der Waals surface area contributed by atoms with E-state index in [-0.39, 0.29) is 46.3 Å². The number of phenolic OH excluding ortho intramolecular Hbond substituents is 1. The molecule has 0 spiro atoms. The molecule has 0 unspecified atom stereocenters. The zero-order chi connectivity index (χ0) is 19.8. The Kier molecular flexibility index (Phi) is 4.57. The summed E-state index contributed by atoms with van der Waals surface area (Å²) in [6.45, 7) is 3.12. The summed E-state index contributed by atoms with van der Waals surface area (Å²) in [6.07, 6.45) is 0.138. The molecule has 1 heterocycles. The van der Waals surface area contributed by atoms with Crippen LogP contribution in [0.25, 0.3) is 0 Å².